The average Bonchev–Trinajstić information content (AvgIpc) is 3.07. The zero-order valence-corrected chi connectivity index (χ0v) is 13.8. The Bertz CT molecular complexity index is 992. The fraction of sp³-hybridized carbons (Fsp3) is 0.0952. The van der Waals surface area contributed by atoms with E-state index >= 15 is 0 Å². The van der Waals surface area contributed by atoms with E-state index in [0.29, 0.717) is 12.4 Å². The SMILES string of the molecule is NCc1ccnc(Oc2cccc3c2ccn3Cc2ccccc2)c1. The van der Waals surface area contributed by atoms with Crippen molar-refractivity contribution in [2.75, 3.05) is 0 Å². The smallest absolute Gasteiger partial charge is 0.219 e. The molecule has 2 N–H and O–H groups in total. The van der Waals surface area contributed by atoms with Gasteiger partial charge >= 0.3 is 0 Å². The van der Waals surface area contributed by atoms with Crippen molar-refractivity contribution in [3.63, 3.8) is 0 Å². The van der Waals surface area contributed by atoms with E-state index in [2.05, 4.69) is 52.1 Å². The Kier molecular flexibility index (Phi) is 4.19. The second kappa shape index (κ2) is 6.79. The molecule has 0 unspecified atom stereocenters. The summed E-state index contributed by atoms with van der Waals surface area (Å²) in [7, 11) is 0. The number of pyridine rings is 1. The standard InChI is InChI=1S/C21H19N3O/c22-14-17-9-11-23-21(13-17)25-20-8-4-7-19-18(20)10-12-24(19)15-16-5-2-1-3-6-16/h1-13H,14-15,22H2. The Labute approximate surface area is 146 Å². The minimum Gasteiger partial charge on any atom is -0.438 e. The monoisotopic (exact) mass is 329 g/mol. The number of rotatable bonds is 5. The van der Waals surface area contributed by atoms with Crippen LogP contribution >= 0.6 is 0 Å². The van der Waals surface area contributed by atoms with Crippen LogP contribution in [0.4, 0.5) is 0 Å². The second-order valence-corrected chi connectivity index (χ2v) is 5.93. The van der Waals surface area contributed by atoms with Crippen molar-refractivity contribution in [1.29, 1.82) is 0 Å². The molecule has 0 atom stereocenters. The summed E-state index contributed by atoms with van der Waals surface area (Å²) < 4.78 is 8.24. The zero-order valence-electron chi connectivity index (χ0n) is 13.8. The molecule has 0 saturated carbocycles. The van der Waals surface area contributed by atoms with E-state index in [1.54, 1.807) is 6.20 Å². The molecule has 2 aromatic carbocycles. The van der Waals surface area contributed by atoms with Gasteiger partial charge in [0.2, 0.25) is 5.88 Å². The highest BCUT2D eigenvalue weighted by Crippen LogP contribution is 2.30. The highest BCUT2D eigenvalue weighted by molar-refractivity contribution is 5.86. The van der Waals surface area contributed by atoms with Crippen LogP contribution in [0, 0.1) is 0 Å². The maximum Gasteiger partial charge on any atom is 0.219 e. The fourth-order valence-electron chi connectivity index (χ4n) is 2.95. The van der Waals surface area contributed by atoms with Crippen LogP contribution in [0.5, 0.6) is 11.6 Å². The quantitative estimate of drug-likeness (QED) is 0.593. The van der Waals surface area contributed by atoms with Crippen molar-refractivity contribution in [2.45, 2.75) is 13.1 Å². The molecular formula is C21H19N3O. The molecule has 0 aliphatic carbocycles. The Morgan fingerprint density at radius 1 is 0.920 bits per heavy atom. The molecule has 4 aromatic rings. The molecule has 2 heterocycles. The molecule has 25 heavy (non-hydrogen) atoms. The van der Waals surface area contributed by atoms with E-state index < -0.39 is 0 Å². The zero-order chi connectivity index (χ0) is 17.1. The summed E-state index contributed by atoms with van der Waals surface area (Å²) in [5.41, 5.74) is 9.09. The van der Waals surface area contributed by atoms with Crippen molar-refractivity contribution in [3.05, 3.63) is 90.3 Å². The van der Waals surface area contributed by atoms with Crippen LogP contribution in [0.15, 0.2) is 79.1 Å². The van der Waals surface area contributed by atoms with Crippen LogP contribution in [-0.4, -0.2) is 9.55 Å². The van der Waals surface area contributed by atoms with Crippen LogP contribution in [0.25, 0.3) is 10.9 Å². The van der Waals surface area contributed by atoms with Gasteiger partial charge in [-0.3, -0.25) is 0 Å². The second-order valence-electron chi connectivity index (χ2n) is 5.93. The van der Waals surface area contributed by atoms with Gasteiger partial charge in [-0.2, -0.15) is 0 Å². The Morgan fingerprint density at radius 3 is 2.64 bits per heavy atom. The Hall–Kier alpha value is -3.11. The van der Waals surface area contributed by atoms with E-state index in [1.807, 2.05) is 30.3 Å². The highest BCUT2D eigenvalue weighted by Gasteiger charge is 2.09. The van der Waals surface area contributed by atoms with Crippen molar-refractivity contribution >= 4 is 10.9 Å². The lowest BCUT2D eigenvalue weighted by atomic mass is 10.2. The van der Waals surface area contributed by atoms with Crippen LogP contribution in [-0.2, 0) is 13.1 Å². The van der Waals surface area contributed by atoms with Gasteiger partial charge < -0.3 is 15.0 Å². The normalized spacial score (nSPS) is 10.9. The molecule has 0 fully saturated rings. The first-order chi connectivity index (χ1) is 12.3. The third kappa shape index (κ3) is 3.25. The van der Waals surface area contributed by atoms with Crippen LogP contribution in [0.1, 0.15) is 11.1 Å². The van der Waals surface area contributed by atoms with Gasteiger partial charge in [0.25, 0.3) is 0 Å². The third-order valence-electron chi connectivity index (χ3n) is 4.22. The molecule has 4 rings (SSSR count). The van der Waals surface area contributed by atoms with E-state index in [4.69, 9.17) is 10.5 Å². The molecule has 124 valence electrons. The summed E-state index contributed by atoms with van der Waals surface area (Å²) in [5.74, 6) is 1.36. The first kappa shape index (κ1) is 15.4. The molecule has 4 heteroatoms. The lowest BCUT2D eigenvalue weighted by Crippen LogP contribution is -1.98. The van der Waals surface area contributed by atoms with Gasteiger partial charge in [0.05, 0.1) is 5.52 Å². The molecular weight excluding hydrogens is 310 g/mol. The number of hydrogen-bond donors (Lipinski definition) is 1. The van der Waals surface area contributed by atoms with Gasteiger partial charge in [-0.25, -0.2) is 4.98 Å². The van der Waals surface area contributed by atoms with Crippen molar-refractivity contribution in [1.82, 2.24) is 9.55 Å². The molecule has 2 aromatic heterocycles. The summed E-state index contributed by atoms with van der Waals surface area (Å²) in [6.07, 6.45) is 3.81. The van der Waals surface area contributed by atoms with Gasteiger partial charge in [-0.15, -0.1) is 0 Å². The lowest BCUT2D eigenvalue weighted by Gasteiger charge is -2.09. The predicted molar refractivity (Wildman–Crippen MR) is 99.7 cm³/mol. The van der Waals surface area contributed by atoms with Crippen LogP contribution < -0.4 is 10.5 Å². The molecule has 4 nitrogen and oxygen atoms in total. The summed E-state index contributed by atoms with van der Waals surface area (Å²) >= 11 is 0. The van der Waals surface area contributed by atoms with Crippen molar-refractivity contribution < 1.29 is 4.74 Å². The molecule has 0 spiro atoms. The largest absolute Gasteiger partial charge is 0.438 e. The van der Waals surface area contributed by atoms with Gasteiger partial charge in [-0.1, -0.05) is 36.4 Å². The average molecular weight is 329 g/mol. The van der Waals surface area contributed by atoms with E-state index in [9.17, 15) is 0 Å². The molecule has 0 bridgehead atoms. The van der Waals surface area contributed by atoms with Gasteiger partial charge in [0.15, 0.2) is 0 Å². The topological polar surface area (TPSA) is 53.1 Å². The summed E-state index contributed by atoms with van der Waals surface area (Å²) in [6, 6.07) is 22.3. The molecule has 0 aliphatic heterocycles. The van der Waals surface area contributed by atoms with Crippen LogP contribution in [0.2, 0.25) is 0 Å². The van der Waals surface area contributed by atoms with Gasteiger partial charge in [0.1, 0.15) is 5.75 Å². The maximum atomic E-state index is 6.02. The first-order valence-corrected chi connectivity index (χ1v) is 8.28. The summed E-state index contributed by atoms with van der Waals surface area (Å²) in [6.45, 7) is 1.30. The number of fused-ring (bicyclic) bond motifs is 1. The van der Waals surface area contributed by atoms with Gasteiger partial charge in [0, 0.05) is 36.9 Å². The van der Waals surface area contributed by atoms with Crippen molar-refractivity contribution in [3.8, 4) is 11.6 Å². The van der Waals surface area contributed by atoms with Crippen LogP contribution in [0.3, 0.4) is 0 Å². The third-order valence-corrected chi connectivity index (χ3v) is 4.22. The summed E-state index contributed by atoms with van der Waals surface area (Å²) in [5, 5.41) is 1.07. The number of aromatic nitrogens is 2. The highest BCUT2D eigenvalue weighted by atomic mass is 16.5. The number of nitrogens with zero attached hydrogens (tertiary/aromatic N) is 2. The number of nitrogens with two attached hydrogens (primary N) is 1. The number of hydrogen-bond acceptors (Lipinski definition) is 3. The maximum absolute atomic E-state index is 6.02. The van der Waals surface area contributed by atoms with E-state index in [-0.39, 0.29) is 0 Å². The summed E-state index contributed by atoms with van der Waals surface area (Å²) in [4.78, 5) is 4.28. The predicted octanol–water partition coefficient (Wildman–Crippen LogP) is 4.34. The Balaban J connectivity index is 1.66. The van der Waals surface area contributed by atoms with E-state index in [0.717, 1.165) is 28.8 Å². The van der Waals surface area contributed by atoms with Gasteiger partial charge in [-0.05, 0) is 35.4 Å². The molecule has 0 saturated heterocycles. The lowest BCUT2D eigenvalue weighted by molar-refractivity contribution is 0.467. The fourth-order valence-corrected chi connectivity index (χ4v) is 2.95. The molecule has 0 radical (unpaired) electrons. The Morgan fingerprint density at radius 2 is 1.80 bits per heavy atom. The van der Waals surface area contributed by atoms with Crippen molar-refractivity contribution in [2.24, 2.45) is 5.73 Å². The molecule has 0 aliphatic rings. The first-order valence-electron chi connectivity index (χ1n) is 8.28. The number of ether oxygens (including phenoxy) is 1. The number of benzene rings is 2. The minimum atomic E-state index is 0.469. The van der Waals surface area contributed by atoms with E-state index in [1.165, 1.54) is 5.56 Å². The minimum absolute atomic E-state index is 0.469. The molecule has 0 amide bonds.